The van der Waals surface area contributed by atoms with E-state index in [2.05, 4.69) is 0 Å². The Hall–Kier alpha value is -0.610. The van der Waals surface area contributed by atoms with Crippen LogP contribution in [0.25, 0.3) is 0 Å². The van der Waals surface area contributed by atoms with E-state index in [9.17, 15) is 4.79 Å². The minimum atomic E-state index is -0.819. The summed E-state index contributed by atoms with van der Waals surface area (Å²) in [4.78, 5) is 9.99. The third kappa shape index (κ3) is 3.58. The molecule has 0 aromatic rings. The molecule has 8 heavy (non-hydrogen) atoms. The molecule has 0 unspecified atom stereocenters. The first-order valence-electron chi connectivity index (χ1n) is 1.99. The van der Waals surface area contributed by atoms with Gasteiger partial charge in [-0.05, 0) is 0 Å². The number of nitrogens with zero attached hydrogens (tertiary/aromatic N) is 1. The monoisotopic (exact) mass is 121 g/mol. The van der Waals surface area contributed by atoms with Crippen LogP contribution in [0.2, 0.25) is 0 Å². The molecular formula is C4H11NO3. The van der Waals surface area contributed by atoms with Gasteiger partial charge in [-0.2, -0.15) is 4.79 Å². The lowest BCUT2D eigenvalue weighted by Crippen LogP contribution is -2.39. The van der Waals surface area contributed by atoms with Gasteiger partial charge in [-0.25, -0.2) is 4.48 Å². The molecule has 0 aliphatic carbocycles. The Balaban J connectivity index is 0. The highest BCUT2D eigenvalue weighted by Gasteiger charge is 2.16. The first-order valence-corrected chi connectivity index (χ1v) is 1.99. The summed E-state index contributed by atoms with van der Waals surface area (Å²) in [6.07, 6.45) is -0.819. The van der Waals surface area contributed by atoms with Crippen molar-refractivity contribution < 1.29 is 19.9 Å². The van der Waals surface area contributed by atoms with Crippen molar-refractivity contribution in [1.82, 2.24) is 0 Å². The molecule has 0 saturated heterocycles. The van der Waals surface area contributed by atoms with Gasteiger partial charge < -0.3 is 10.6 Å². The van der Waals surface area contributed by atoms with Gasteiger partial charge in [0.15, 0.2) is 0 Å². The largest absolute Gasteiger partial charge is 0.870 e. The zero-order chi connectivity index (χ0) is 6.08. The standard InChI is InChI=1S/C4H9NO2.H2O/c1-5(2,3)4(6)7;/h1-3H3;1H2. The van der Waals surface area contributed by atoms with Crippen molar-refractivity contribution in [3.63, 3.8) is 0 Å². The first kappa shape index (κ1) is 10.4. The van der Waals surface area contributed by atoms with Crippen LogP contribution in [0.3, 0.4) is 0 Å². The van der Waals surface area contributed by atoms with Gasteiger partial charge in [-0.3, -0.25) is 0 Å². The van der Waals surface area contributed by atoms with Crippen molar-refractivity contribution in [2.24, 2.45) is 0 Å². The molecule has 0 spiro atoms. The van der Waals surface area contributed by atoms with Gasteiger partial charge in [0.25, 0.3) is 0 Å². The summed E-state index contributed by atoms with van der Waals surface area (Å²) in [5.74, 6) is 0. The van der Waals surface area contributed by atoms with Crippen LogP contribution in [0.5, 0.6) is 0 Å². The van der Waals surface area contributed by atoms with Crippen LogP contribution in [0.15, 0.2) is 0 Å². The van der Waals surface area contributed by atoms with E-state index in [-0.39, 0.29) is 9.96 Å². The lowest BCUT2D eigenvalue weighted by Gasteiger charge is -2.14. The number of hydrogen-bond donors (Lipinski definition) is 1. The molecule has 0 heterocycles. The molecule has 0 aromatic carbocycles. The van der Waals surface area contributed by atoms with Gasteiger partial charge in [0.2, 0.25) is 0 Å². The van der Waals surface area contributed by atoms with Gasteiger partial charge >= 0.3 is 6.09 Å². The van der Waals surface area contributed by atoms with Gasteiger partial charge in [0, 0.05) is 0 Å². The Morgan fingerprint density at radius 2 is 1.50 bits per heavy atom. The molecule has 0 radical (unpaired) electrons. The second kappa shape index (κ2) is 2.64. The molecule has 0 rings (SSSR count). The van der Waals surface area contributed by atoms with Crippen LogP contribution < -0.4 is 0 Å². The van der Waals surface area contributed by atoms with E-state index in [1.54, 1.807) is 21.1 Å². The maximum atomic E-state index is 9.99. The van der Waals surface area contributed by atoms with Crippen molar-refractivity contribution in [2.45, 2.75) is 0 Å². The fraction of sp³-hybridized carbons (Fsp3) is 0.750. The molecule has 0 fully saturated rings. The van der Waals surface area contributed by atoms with Crippen molar-refractivity contribution in [2.75, 3.05) is 21.1 Å². The summed E-state index contributed by atoms with van der Waals surface area (Å²) in [7, 11) is 4.80. The van der Waals surface area contributed by atoms with Gasteiger partial charge in [-0.15, -0.1) is 0 Å². The summed E-state index contributed by atoms with van der Waals surface area (Å²) >= 11 is 0. The molecule has 50 valence electrons. The quantitative estimate of drug-likeness (QED) is 0.465. The first-order chi connectivity index (χ1) is 2.94. The molecule has 0 aliphatic heterocycles. The minimum Gasteiger partial charge on any atom is -0.870 e. The Morgan fingerprint density at radius 1 is 1.38 bits per heavy atom. The van der Waals surface area contributed by atoms with Crippen LogP contribution in [0.4, 0.5) is 4.79 Å². The van der Waals surface area contributed by atoms with Gasteiger partial charge in [-0.1, -0.05) is 0 Å². The van der Waals surface area contributed by atoms with E-state index in [0.717, 1.165) is 0 Å². The summed E-state index contributed by atoms with van der Waals surface area (Å²) in [5, 5.41) is 8.22. The lowest BCUT2D eigenvalue weighted by atomic mass is 10.7. The van der Waals surface area contributed by atoms with Crippen molar-refractivity contribution >= 4 is 6.09 Å². The second-order valence-corrected chi connectivity index (χ2v) is 2.30. The van der Waals surface area contributed by atoms with E-state index in [1.807, 2.05) is 0 Å². The van der Waals surface area contributed by atoms with E-state index in [1.165, 1.54) is 0 Å². The summed E-state index contributed by atoms with van der Waals surface area (Å²) in [6.45, 7) is 0. The fourth-order valence-corrected chi connectivity index (χ4v) is 0. The fourth-order valence-electron chi connectivity index (χ4n) is 0. The second-order valence-electron chi connectivity index (χ2n) is 2.30. The summed E-state index contributed by atoms with van der Waals surface area (Å²) < 4.78 is -0.0278. The van der Waals surface area contributed by atoms with Crippen LogP contribution in [0.1, 0.15) is 0 Å². The van der Waals surface area contributed by atoms with Crippen molar-refractivity contribution in [1.29, 1.82) is 0 Å². The predicted molar refractivity (Wildman–Crippen MR) is 28.0 cm³/mol. The molecule has 0 atom stereocenters. The SMILES string of the molecule is C[N+](C)(C)C(=O)O.[OH-]. The maximum Gasteiger partial charge on any atom is 0.512 e. The highest BCUT2D eigenvalue weighted by atomic mass is 16.4. The predicted octanol–water partition coefficient (Wildman–Crippen LogP) is 0.194. The third-order valence-corrected chi connectivity index (χ3v) is 0.574. The molecular weight excluding hydrogens is 110 g/mol. The molecule has 2 N–H and O–H groups in total. The molecule has 4 heteroatoms. The zero-order valence-electron chi connectivity index (χ0n) is 5.25. The van der Waals surface area contributed by atoms with Crippen molar-refractivity contribution in [3.8, 4) is 0 Å². The lowest BCUT2D eigenvalue weighted by molar-refractivity contribution is -0.794. The van der Waals surface area contributed by atoms with Crippen LogP contribution in [0, 0.1) is 0 Å². The number of carboxylic acid groups (broad SMARTS) is 1. The van der Waals surface area contributed by atoms with E-state index in [0.29, 0.717) is 0 Å². The average Bonchev–Trinajstić information content (AvgIpc) is 1.31. The minimum absolute atomic E-state index is 0. The van der Waals surface area contributed by atoms with E-state index in [4.69, 9.17) is 5.11 Å². The van der Waals surface area contributed by atoms with E-state index >= 15 is 0 Å². The van der Waals surface area contributed by atoms with Gasteiger partial charge in [0.1, 0.15) is 0 Å². The Morgan fingerprint density at radius 3 is 1.50 bits per heavy atom. The number of hydrogen-bond acceptors (Lipinski definition) is 2. The maximum absolute atomic E-state index is 9.99. The molecule has 4 nitrogen and oxygen atoms in total. The zero-order valence-corrected chi connectivity index (χ0v) is 5.25. The Kier molecular flexibility index (Phi) is 3.42. The molecule has 0 aliphatic rings. The summed E-state index contributed by atoms with van der Waals surface area (Å²) in [6, 6.07) is 0. The third-order valence-electron chi connectivity index (χ3n) is 0.574. The smallest absolute Gasteiger partial charge is 0.512 e. The number of amides is 1. The van der Waals surface area contributed by atoms with Crippen LogP contribution >= 0.6 is 0 Å². The molecule has 0 aromatic heterocycles. The molecule has 0 saturated carbocycles. The molecule has 0 bridgehead atoms. The highest BCUT2D eigenvalue weighted by Crippen LogP contribution is 1.87. The van der Waals surface area contributed by atoms with Gasteiger partial charge in [0.05, 0.1) is 21.1 Å². The van der Waals surface area contributed by atoms with Crippen molar-refractivity contribution in [3.05, 3.63) is 0 Å². The molecule has 1 amide bonds. The Bertz CT molecular complexity index is 83.8. The van der Waals surface area contributed by atoms with Crippen LogP contribution in [-0.2, 0) is 0 Å². The average molecular weight is 121 g/mol. The number of quaternary nitrogens is 1. The number of rotatable bonds is 0. The number of carbonyl (C=O) groups is 1. The summed E-state index contributed by atoms with van der Waals surface area (Å²) in [5.41, 5.74) is 0. The Labute approximate surface area is 48.2 Å². The highest BCUT2D eigenvalue weighted by molar-refractivity contribution is 5.55. The van der Waals surface area contributed by atoms with E-state index < -0.39 is 6.09 Å². The van der Waals surface area contributed by atoms with Crippen LogP contribution in [-0.4, -0.2) is 42.3 Å². The topological polar surface area (TPSA) is 67.3 Å². The normalized spacial score (nSPS) is 9.88.